The molecule has 1 aromatic heterocycles. The number of carbonyl (C=O) groups excluding carboxylic acids is 2. The van der Waals surface area contributed by atoms with Gasteiger partial charge in [0.1, 0.15) is 0 Å². The number of anilines is 1. The Labute approximate surface area is 182 Å². The van der Waals surface area contributed by atoms with Gasteiger partial charge in [0.2, 0.25) is 0 Å². The van der Waals surface area contributed by atoms with Gasteiger partial charge < -0.3 is 10.2 Å². The van der Waals surface area contributed by atoms with Crippen LogP contribution in [0.3, 0.4) is 0 Å². The molecule has 0 saturated heterocycles. The van der Waals surface area contributed by atoms with Crippen molar-refractivity contribution in [2.75, 3.05) is 11.9 Å². The SMILES string of the molecule is CN1C(=O)/C(=C/c2ccccc2Cl)Sc2ccc(C(=O)NCc3cccs3)cc21. The van der Waals surface area contributed by atoms with Crippen LogP contribution in [0.1, 0.15) is 20.8 Å². The Morgan fingerprint density at radius 3 is 2.76 bits per heavy atom. The zero-order valence-electron chi connectivity index (χ0n) is 15.5. The minimum absolute atomic E-state index is 0.126. The summed E-state index contributed by atoms with van der Waals surface area (Å²) in [6, 6.07) is 16.8. The van der Waals surface area contributed by atoms with Crippen LogP contribution in [0, 0.1) is 0 Å². The van der Waals surface area contributed by atoms with Crippen molar-refractivity contribution in [3.05, 3.63) is 85.9 Å². The second kappa shape index (κ2) is 8.45. The van der Waals surface area contributed by atoms with Crippen LogP contribution in [0.15, 0.2) is 69.8 Å². The van der Waals surface area contributed by atoms with Gasteiger partial charge in [0.25, 0.3) is 11.8 Å². The Bertz CT molecular complexity index is 1110. The molecule has 0 unspecified atom stereocenters. The highest BCUT2D eigenvalue weighted by Crippen LogP contribution is 2.42. The Balaban J connectivity index is 1.57. The molecule has 4 rings (SSSR count). The van der Waals surface area contributed by atoms with Crippen LogP contribution in [0.25, 0.3) is 6.08 Å². The fourth-order valence-electron chi connectivity index (χ4n) is 2.95. The Morgan fingerprint density at radius 1 is 1.17 bits per heavy atom. The number of halogens is 1. The molecule has 0 spiro atoms. The number of nitrogens with one attached hydrogen (secondary N) is 1. The molecule has 0 radical (unpaired) electrons. The van der Waals surface area contributed by atoms with Gasteiger partial charge in [-0.15, -0.1) is 11.3 Å². The number of amides is 2. The van der Waals surface area contributed by atoms with Crippen LogP contribution < -0.4 is 10.2 Å². The van der Waals surface area contributed by atoms with E-state index in [1.165, 1.54) is 11.8 Å². The lowest BCUT2D eigenvalue weighted by atomic mass is 10.1. The molecule has 146 valence electrons. The minimum Gasteiger partial charge on any atom is -0.347 e. The Morgan fingerprint density at radius 2 is 2.00 bits per heavy atom. The van der Waals surface area contributed by atoms with Crippen LogP contribution >= 0.6 is 34.7 Å². The quantitative estimate of drug-likeness (QED) is 0.549. The zero-order chi connectivity index (χ0) is 20.4. The van der Waals surface area contributed by atoms with Gasteiger partial charge in [-0.2, -0.15) is 0 Å². The molecule has 0 saturated carbocycles. The van der Waals surface area contributed by atoms with Crippen molar-refractivity contribution in [2.45, 2.75) is 11.4 Å². The maximum atomic E-state index is 12.9. The highest BCUT2D eigenvalue weighted by atomic mass is 35.5. The minimum atomic E-state index is -0.163. The lowest BCUT2D eigenvalue weighted by molar-refractivity contribution is -0.114. The first-order valence-corrected chi connectivity index (χ1v) is 11.0. The van der Waals surface area contributed by atoms with E-state index in [1.807, 2.05) is 41.8 Å². The fourth-order valence-corrected chi connectivity index (χ4v) is 4.87. The van der Waals surface area contributed by atoms with E-state index < -0.39 is 0 Å². The maximum Gasteiger partial charge on any atom is 0.264 e. The number of hydrogen-bond donors (Lipinski definition) is 1. The van der Waals surface area contributed by atoms with Gasteiger partial charge in [-0.25, -0.2) is 0 Å². The summed E-state index contributed by atoms with van der Waals surface area (Å²) in [6.07, 6.45) is 1.80. The topological polar surface area (TPSA) is 49.4 Å². The Kier molecular flexibility index (Phi) is 5.76. The van der Waals surface area contributed by atoms with Gasteiger partial charge in [-0.1, -0.05) is 47.6 Å². The van der Waals surface area contributed by atoms with Gasteiger partial charge in [0.15, 0.2) is 0 Å². The number of thioether (sulfide) groups is 1. The molecule has 1 N–H and O–H groups in total. The molecule has 3 aromatic rings. The zero-order valence-corrected chi connectivity index (χ0v) is 17.9. The molecule has 1 aliphatic rings. The van der Waals surface area contributed by atoms with Crippen LogP contribution in [0.4, 0.5) is 5.69 Å². The summed E-state index contributed by atoms with van der Waals surface area (Å²) in [6.45, 7) is 0.488. The van der Waals surface area contributed by atoms with E-state index in [0.29, 0.717) is 22.0 Å². The summed E-state index contributed by atoms with van der Waals surface area (Å²) in [5.74, 6) is -0.289. The van der Waals surface area contributed by atoms with E-state index in [0.717, 1.165) is 21.0 Å². The predicted octanol–water partition coefficient (Wildman–Crippen LogP) is 5.44. The number of likely N-dealkylation sites (N-methyl/N-ethyl adjacent to an activating group) is 1. The third kappa shape index (κ3) is 4.24. The number of benzene rings is 2. The number of rotatable bonds is 4. The predicted molar refractivity (Wildman–Crippen MR) is 121 cm³/mol. The smallest absolute Gasteiger partial charge is 0.264 e. The second-order valence-electron chi connectivity index (χ2n) is 6.44. The highest BCUT2D eigenvalue weighted by molar-refractivity contribution is 8.04. The molecule has 29 heavy (non-hydrogen) atoms. The molecule has 4 nitrogen and oxygen atoms in total. The third-order valence-electron chi connectivity index (χ3n) is 4.51. The normalized spacial score (nSPS) is 14.8. The van der Waals surface area contributed by atoms with Crippen molar-refractivity contribution in [3.8, 4) is 0 Å². The first-order valence-electron chi connectivity index (χ1n) is 8.89. The molecule has 2 aromatic carbocycles. The number of hydrogen-bond acceptors (Lipinski definition) is 4. The first-order chi connectivity index (χ1) is 14.0. The van der Waals surface area contributed by atoms with Crippen LogP contribution in [-0.2, 0) is 11.3 Å². The van der Waals surface area contributed by atoms with Crippen molar-refractivity contribution in [1.82, 2.24) is 5.32 Å². The summed E-state index contributed by atoms with van der Waals surface area (Å²) >= 11 is 9.21. The van der Waals surface area contributed by atoms with Gasteiger partial charge in [0.05, 0.1) is 17.1 Å². The second-order valence-corrected chi connectivity index (χ2v) is 8.96. The molecule has 0 aliphatic carbocycles. The molecule has 7 heteroatoms. The Hall–Kier alpha value is -2.54. The third-order valence-corrected chi connectivity index (χ3v) is 6.81. The average Bonchev–Trinajstić information content (AvgIpc) is 3.25. The summed E-state index contributed by atoms with van der Waals surface area (Å²) in [5.41, 5.74) is 2.05. The van der Waals surface area contributed by atoms with Crippen LogP contribution in [0.2, 0.25) is 5.02 Å². The molecular formula is C22H17ClN2O2S2. The summed E-state index contributed by atoms with van der Waals surface area (Å²) < 4.78 is 0. The lowest BCUT2D eigenvalue weighted by Gasteiger charge is -2.27. The summed E-state index contributed by atoms with van der Waals surface area (Å²) in [7, 11) is 1.72. The average molecular weight is 441 g/mol. The van der Waals surface area contributed by atoms with Crippen molar-refractivity contribution < 1.29 is 9.59 Å². The molecular weight excluding hydrogens is 424 g/mol. The van der Waals surface area contributed by atoms with Gasteiger partial charge in [-0.3, -0.25) is 9.59 Å². The van der Waals surface area contributed by atoms with E-state index in [4.69, 9.17) is 11.6 Å². The van der Waals surface area contributed by atoms with Gasteiger partial charge >= 0.3 is 0 Å². The van der Waals surface area contributed by atoms with E-state index >= 15 is 0 Å². The fraction of sp³-hybridized carbons (Fsp3) is 0.0909. The van der Waals surface area contributed by atoms with E-state index in [9.17, 15) is 9.59 Å². The molecule has 0 atom stereocenters. The molecule has 0 bridgehead atoms. The summed E-state index contributed by atoms with van der Waals surface area (Å²) in [5, 5.41) is 5.49. The van der Waals surface area contributed by atoms with Crippen molar-refractivity contribution >= 4 is 58.3 Å². The molecule has 2 amide bonds. The van der Waals surface area contributed by atoms with Crippen LogP contribution in [-0.4, -0.2) is 18.9 Å². The standard InChI is InChI=1S/C22H17ClN2O2S2/c1-25-18-11-15(21(26)24-13-16-6-4-10-28-16)8-9-19(18)29-20(22(25)27)12-14-5-2-3-7-17(14)23/h2-12H,13H2,1H3,(H,24,26)/b20-12-. The van der Waals surface area contributed by atoms with Gasteiger partial charge in [0, 0.05) is 27.4 Å². The molecule has 2 heterocycles. The monoisotopic (exact) mass is 440 g/mol. The highest BCUT2D eigenvalue weighted by Gasteiger charge is 2.27. The van der Waals surface area contributed by atoms with Crippen molar-refractivity contribution in [1.29, 1.82) is 0 Å². The van der Waals surface area contributed by atoms with Gasteiger partial charge in [-0.05, 0) is 47.4 Å². The maximum absolute atomic E-state index is 12.9. The first kappa shape index (κ1) is 19.8. The number of thiophene rings is 1. The number of nitrogens with zero attached hydrogens (tertiary/aromatic N) is 1. The van der Waals surface area contributed by atoms with Crippen molar-refractivity contribution in [3.63, 3.8) is 0 Å². The van der Waals surface area contributed by atoms with E-state index in [1.54, 1.807) is 47.6 Å². The molecule has 1 aliphatic heterocycles. The molecule has 0 fully saturated rings. The summed E-state index contributed by atoms with van der Waals surface area (Å²) in [4.78, 5) is 29.5. The lowest BCUT2D eigenvalue weighted by Crippen LogP contribution is -2.31. The van der Waals surface area contributed by atoms with Crippen molar-refractivity contribution in [2.24, 2.45) is 0 Å². The van der Waals surface area contributed by atoms with E-state index in [-0.39, 0.29) is 11.8 Å². The number of fused-ring (bicyclic) bond motifs is 1. The van der Waals surface area contributed by atoms with E-state index in [2.05, 4.69) is 5.32 Å². The number of carbonyl (C=O) groups is 2. The largest absolute Gasteiger partial charge is 0.347 e. The van der Waals surface area contributed by atoms with Crippen LogP contribution in [0.5, 0.6) is 0 Å².